The number of carbonyl (C=O) groups is 2. The van der Waals surface area contributed by atoms with E-state index in [-0.39, 0.29) is 29.5 Å². The fourth-order valence-electron chi connectivity index (χ4n) is 3.54. The van der Waals surface area contributed by atoms with Gasteiger partial charge in [-0.1, -0.05) is 50.2 Å². The Hall–Kier alpha value is -3.69. The van der Waals surface area contributed by atoms with Gasteiger partial charge in [0.1, 0.15) is 12.4 Å². The molecule has 35 heavy (non-hydrogen) atoms. The Balaban J connectivity index is 1.61. The largest absolute Gasteiger partial charge is 0.488 e. The van der Waals surface area contributed by atoms with Gasteiger partial charge >= 0.3 is 0 Å². The van der Waals surface area contributed by atoms with Gasteiger partial charge in [-0.3, -0.25) is 9.59 Å². The molecule has 0 aliphatic heterocycles. The van der Waals surface area contributed by atoms with Gasteiger partial charge in [-0.05, 0) is 47.5 Å². The van der Waals surface area contributed by atoms with E-state index < -0.39 is 15.9 Å². The highest BCUT2D eigenvalue weighted by Crippen LogP contribution is 2.19. The van der Waals surface area contributed by atoms with Gasteiger partial charge in [-0.2, -0.15) is 4.31 Å². The van der Waals surface area contributed by atoms with Crippen LogP contribution in [0.2, 0.25) is 0 Å². The van der Waals surface area contributed by atoms with E-state index in [2.05, 4.69) is 5.32 Å². The molecule has 0 saturated heterocycles. The molecule has 3 rings (SSSR count). The molecule has 9 heteroatoms. The maximum Gasteiger partial charge on any atom is 0.252 e. The van der Waals surface area contributed by atoms with Crippen LogP contribution >= 0.6 is 0 Å². The molecule has 184 valence electrons. The van der Waals surface area contributed by atoms with Crippen molar-refractivity contribution in [2.45, 2.75) is 31.9 Å². The minimum Gasteiger partial charge on any atom is -0.488 e. The fourth-order valence-corrected chi connectivity index (χ4v) is 4.99. The van der Waals surface area contributed by atoms with Crippen molar-refractivity contribution in [2.24, 2.45) is 5.73 Å². The first kappa shape index (κ1) is 25.9. The van der Waals surface area contributed by atoms with Crippen molar-refractivity contribution < 1.29 is 22.7 Å². The highest BCUT2D eigenvalue weighted by atomic mass is 32.2. The molecule has 3 aromatic rings. The van der Waals surface area contributed by atoms with Gasteiger partial charge in [-0.25, -0.2) is 8.42 Å². The van der Waals surface area contributed by atoms with Crippen LogP contribution in [0, 0.1) is 0 Å². The van der Waals surface area contributed by atoms with Gasteiger partial charge in [0.25, 0.3) is 11.8 Å². The average molecular weight is 496 g/mol. The van der Waals surface area contributed by atoms with Crippen LogP contribution in [-0.4, -0.2) is 37.6 Å². The zero-order valence-corrected chi connectivity index (χ0v) is 20.5. The Morgan fingerprint density at radius 1 is 0.914 bits per heavy atom. The van der Waals surface area contributed by atoms with Crippen LogP contribution in [0.4, 0.5) is 0 Å². The summed E-state index contributed by atoms with van der Waals surface area (Å²) in [7, 11) is -3.52. The van der Waals surface area contributed by atoms with Crippen molar-refractivity contribution in [3.63, 3.8) is 0 Å². The number of amides is 2. The Kier molecular flexibility index (Phi) is 8.62. The predicted octanol–water partition coefficient (Wildman–Crippen LogP) is 3.33. The van der Waals surface area contributed by atoms with Gasteiger partial charge < -0.3 is 15.8 Å². The molecule has 2 amide bonds. The maximum absolute atomic E-state index is 12.7. The minimum absolute atomic E-state index is 0.161. The Morgan fingerprint density at radius 2 is 1.60 bits per heavy atom. The van der Waals surface area contributed by atoms with Crippen LogP contribution in [-0.2, 0) is 23.2 Å². The summed E-state index contributed by atoms with van der Waals surface area (Å²) in [6.07, 6.45) is 0. The third-order valence-electron chi connectivity index (χ3n) is 5.46. The number of benzene rings is 3. The third kappa shape index (κ3) is 6.46. The lowest BCUT2D eigenvalue weighted by Crippen LogP contribution is -2.30. The van der Waals surface area contributed by atoms with E-state index in [1.54, 1.807) is 80.6 Å². The fraction of sp³-hybridized carbons (Fsp3) is 0.231. The second-order valence-electron chi connectivity index (χ2n) is 7.77. The van der Waals surface area contributed by atoms with Crippen molar-refractivity contribution in [1.82, 2.24) is 9.62 Å². The first-order valence-electron chi connectivity index (χ1n) is 11.2. The summed E-state index contributed by atoms with van der Waals surface area (Å²) in [5.41, 5.74) is 7.65. The van der Waals surface area contributed by atoms with Gasteiger partial charge in [0.15, 0.2) is 0 Å². The van der Waals surface area contributed by atoms with Crippen molar-refractivity contribution >= 4 is 21.8 Å². The number of ether oxygens (including phenoxy) is 1. The SMILES string of the molecule is CCN(CC)S(=O)(=O)c1ccc(CNC(=O)c2cccc(COc3ccccc3C(N)=O)c2)cc1. The Labute approximate surface area is 205 Å². The number of primary amides is 1. The van der Waals surface area contributed by atoms with E-state index in [0.29, 0.717) is 24.4 Å². The molecule has 0 atom stereocenters. The number of carbonyl (C=O) groups excluding carboxylic acids is 2. The van der Waals surface area contributed by atoms with Crippen LogP contribution in [0.15, 0.2) is 77.7 Å². The van der Waals surface area contributed by atoms with Crippen molar-refractivity contribution in [2.75, 3.05) is 13.1 Å². The van der Waals surface area contributed by atoms with Crippen LogP contribution in [0.3, 0.4) is 0 Å². The highest BCUT2D eigenvalue weighted by molar-refractivity contribution is 7.89. The van der Waals surface area contributed by atoms with Gasteiger partial charge in [0.05, 0.1) is 10.5 Å². The monoisotopic (exact) mass is 495 g/mol. The molecule has 0 heterocycles. The van der Waals surface area contributed by atoms with Crippen LogP contribution in [0.5, 0.6) is 5.75 Å². The zero-order chi connectivity index (χ0) is 25.4. The molecule has 0 aliphatic carbocycles. The molecule has 0 aliphatic rings. The first-order chi connectivity index (χ1) is 16.8. The number of para-hydroxylation sites is 1. The lowest BCUT2D eigenvalue weighted by atomic mass is 10.1. The van der Waals surface area contributed by atoms with E-state index in [1.165, 1.54) is 4.31 Å². The molecule has 0 bridgehead atoms. The molecule has 0 aromatic heterocycles. The summed E-state index contributed by atoms with van der Waals surface area (Å²) < 4.78 is 32.3. The molecular formula is C26H29N3O5S. The number of hydrogen-bond donors (Lipinski definition) is 2. The van der Waals surface area contributed by atoms with E-state index in [1.807, 2.05) is 6.07 Å². The normalized spacial score (nSPS) is 11.3. The highest BCUT2D eigenvalue weighted by Gasteiger charge is 2.21. The van der Waals surface area contributed by atoms with Gasteiger partial charge in [-0.15, -0.1) is 0 Å². The third-order valence-corrected chi connectivity index (χ3v) is 7.52. The zero-order valence-electron chi connectivity index (χ0n) is 19.7. The summed E-state index contributed by atoms with van der Waals surface area (Å²) in [5.74, 6) is -0.474. The number of nitrogens with one attached hydrogen (secondary N) is 1. The summed E-state index contributed by atoms with van der Waals surface area (Å²) in [6, 6.07) is 20.2. The molecule has 0 saturated carbocycles. The van der Waals surface area contributed by atoms with Gasteiger partial charge in [0, 0.05) is 25.2 Å². The van der Waals surface area contributed by atoms with Crippen LogP contribution < -0.4 is 15.8 Å². The number of sulfonamides is 1. The maximum atomic E-state index is 12.7. The van der Waals surface area contributed by atoms with E-state index >= 15 is 0 Å². The van der Waals surface area contributed by atoms with E-state index in [4.69, 9.17) is 10.5 Å². The van der Waals surface area contributed by atoms with Crippen molar-refractivity contribution in [1.29, 1.82) is 0 Å². The molecule has 0 unspecified atom stereocenters. The molecule has 0 fully saturated rings. The van der Waals surface area contributed by atoms with Crippen molar-refractivity contribution in [3.05, 3.63) is 95.1 Å². The molecule has 0 spiro atoms. The number of nitrogens with zero attached hydrogens (tertiary/aromatic N) is 1. The minimum atomic E-state index is -3.52. The molecular weight excluding hydrogens is 466 g/mol. The van der Waals surface area contributed by atoms with Crippen LogP contribution in [0.1, 0.15) is 45.7 Å². The summed E-state index contributed by atoms with van der Waals surface area (Å²) >= 11 is 0. The lowest BCUT2D eigenvalue weighted by molar-refractivity contribution is 0.0949. The standard InChI is InChI=1S/C26H29N3O5S/c1-3-29(4-2)35(32,33)22-14-12-19(13-15-22)17-28-26(31)21-9-7-8-20(16-21)18-34-24-11-6-5-10-23(24)25(27)30/h5-16H,3-4,17-18H2,1-2H3,(H2,27,30)(H,28,31). The van der Waals surface area contributed by atoms with E-state index in [0.717, 1.165) is 11.1 Å². The van der Waals surface area contributed by atoms with E-state index in [9.17, 15) is 18.0 Å². The number of rotatable bonds is 11. The Morgan fingerprint density at radius 3 is 2.26 bits per heavy atom. The summed E-state index contributed by atoms with van der Waals surface area (Å²) in [5, 5.41) is 2.84. The summed E-state index contributed by atoms with van der Waals surface area (Å²) in [4.78, 5) is 24.4. The molecule has 0 radical (unpaired) electrons. The first-order valence-corrected chi connectivity index (χ1v) is 12.7. The topological polar surface area (TPSA) is 119 Å². The molecule has 3 N–H and O–H groups in total. The molecule has 8 nitrogen and oxygen atoms in total. The second-order valence-corrected chi connectivity index (χ2v) is 9.70. The molecule has 3 aromatic carbocycles. The summed E-state index contributed by atoms with van der Waals surface area (Å²) in [6.45, 7) is 4.81. The predicted molar refractivity (Wildman–Crippen MR) is 133 cm³/mol. The average Bonchev–Trinajstić information content (AvgIpc) is 2.87. The number of hydrogen-bond acceptors (Lipinski definition) is 5. The van der Waals surface area contributed by atoms with Crippen LogP contribution in [0.25, 0.3) is 0 Å². The Bertz CT molecular complexity index is 1290. The lowest BCUT2D eigenvalue weighted by Gasteiger charge is -2.18. The smallest absolute Gasteiger partial charge is 0.252 e. The second kappa shape index (κ2) is 11.6. The quantitative estimate of drug-likeness (QED) is 0.423. The van der Waals surface area contributed by atoms with Crippen molar-refractivity contribution in [3.8, 4) is 5.75 Å². The number of nitrogens with two attached hydrogens (primary N) is 1. The van der Waals surface area contributed by atoms with Gasteiger partial charge in [0.2, 0.25) is 10.0 Å².